The van der Waals surface area contributed by atoms with Crippen LogP contribution in [0.4, 0.5) is 0 Å². The number of aliphatic carboxylic acids is 1. The fourth-order valence-electron chi connectivity index (χ4n) is 0.594. The summed E-state index contributed by atoms with van der Waals surface area (Å²) in [5.74, 6) is -1.98. The molecule has 0 saturated carbocycles. The highest BCUT2D eigenvalue weighted by Gasteiger charge is 2.05. The number of rotatable bonds is 2. The van der Waals surface area contributed by atoms with Gasteiger partial charge in [-0.25, -0.2) is 4.79 Å². The van der Waals surface area contributed by atoms with E-state index in [1.54, 1.807) is 11.4 Å². The summed E-state index contributed by atoms with van der Waals surface area (Å²) in [4.78, 5) is 10.9. The van der Waals surface area contributed by atoms with E-state index in [9.17, 15) is 4.79 Å². The van der Waals surface area contributed by atoms with Crippen LogP contribution in [0.2, 0.25) is 0 Å². The lowest BCUT2D eigenvalue weighted by molar-refractivity contribution is -0.135. The second-order valence-corrected chi connectivity index (χ2v) is 3.77. The topological polar surface area (TPSA) is 57.5 Å². The number of hydrogen-bond donors (Lipinski definition) is 2. The van der Waals surface area contributed by atoms with Gasteiger partial charge in [-0.05, 0) is 27.4 Å². The maximum Gasteiger partial charge on any atom is 0.370 e. The van der Waals surface area contributed by atoms with Crippen molar-refractivity contribution in [1.29, 1.82) is 0 Å². The van der Waals surface area contributed by atoms with E-state index in [1.165, 1.54) is 17.4 Å². The lowest BCUT2D eigenvalue weighted by Crippen LogP contribution is -1.97. The van der Waals surface area contributed by atoms with E-state index in [0.717, 1.165) is 4.47 Å². The number of halogens is 1. The molecule has 1 aromatic rings. The maximum atomic E-state index is 10.2. The van der Waals surface area contributed by atoms with Crippen LogP contribution in [0.5, 0.6) is 0 Å². The van der Waals surface area contributed by atoms with Gasteiger partial charge in [0.15, 0.2) is 0 Å². The molecule has 3 nitrogen and oxygen atoms in total. The van der Waals surface area contributed by atoms with Crippen LogP contribution in [0, 0.1) is 0 Å². The Bertz CT molecular complexity index is 329. The Balaban J connectivity index is 2.95. The molecule has 0 fully saturated rings. The van der Waals surface area contributed by atoms with Gasteiger partial charge in [0.1, 0.15) is 0 Å². The number of aliphatic hydroxyl groups is 1. The van der Waals surface area contributed by atoms with Crippen LogP contribution >= 0.6 is 27.3 Å². The highest BCUT2D eigenvalue weighted by molar-refractivity contribution is 9.10. The van der Waals surface area contributed by atoms with Crippen molar-refractivity contribution in [2.24, 2.45) is 0 Å². The normalized spacial score (nSPS) is 11.6. The molecular weight excluding hydrogens is 244 g/mol. The minimum atomic E-state index is -1.32. The molecule has 12 heavy (non-hydrogen) atoms. The first-order valence-electron chi connectivity index (χ1n) is 2.98. The molecule has 1 aromatic heterocycles. The van der Waals surface area contributed by atoms with Crippen molar-refractivity contribution < 1.29 is 15.0 Å². The molecule has 64 valence electrons. The molecule has 0 aliphatic carbocycles. The first-order valence-corrected chi connectivity index (χ1v) is 4.65. The molecule has 0 atom stereocenters. The molecule has 5 heteroatoms. The SMILES string of the molecule is O=C(O)C(O)=Cc1sccc1Br. The highest BCUT2D eigenvalue weighted by atomic mass is 79.9. The summed E-state index contributed by atoms with van der Waals surface area (Å²) in [6.45, 7) is 0. The molecule has 1 rings (SSSR count). The van der Waals surface area contributed by atoms with Gasteiger partial charge in [-0.1, -0.05) is 0 Å². The zero-order chi connectivity index (χ0) is 9.14. The fraction of sp³-hybridized carbons (Fsp3) is 0. The third kappa shape index (κ3) is 2.09. The van der Waals surface area contributed by atoms with Crippen molar-refractivity contribution in [3.63, 3.8) is 0 Å². The summed E-state index contributed by atoms with van der Waals surface area (Å²) in [6, 6.07) is 1.78. The fourth-order valence-corrected chi connectivity index (χ4v) is 2.01. The largest absolute Gasteiger partial charge is 0.502 e. The minimum Gasteiger partial charge on any atom is -0.502 e. The molecule has 0 amide bonds. The van der Waals surface area contributed by atoms with Crippen molar-refractivity contribution in [3.05, 3.63) is 26.6 Å². The summed E-state index contributed by atoms with van der Waals surface area (Å²) >= 11 is 4.55. The lowest BCUT2D eigenvalue weighted by atomic mass is 10.4. The second kappa shape index (κ2) is 3.73. The van der Waals surface area contributed by atoms with E-state index < -0.39 is 11.7 Å². The summed E-state index contributed by atoms with van der Waals surface area (Å²) in [5, 5.41) is 19.0. The van der Waals surface area contributed by atoms with Gasteiger partial charge in [0.25, 0.3) is 0 Å². The first kappa shape index (κ1) is 9.28. The van der Waals surface area contributed by atoms with E-state index in [2.05, 4.69) is 15.9 Å². The molecule has 0 spiro atoms. The highest BCUT2D eigenvalue weighted by Crippen LogP contribution is 2.24. The summed E-state index contributed by atoms with van der Waals surface area (Å²) < 4.78 is 0.778. The Labute approximate surface area is 81.1 Å². The van der Waals surface area contributed by atoms with Gasteiger partial charge in [-0.3, -0.25) is 0 Å². The van der Waals surface area contributed by atoms with Crippen molar-refractivity contribution >= 4 is 39.3 Å². The molecule has 0 aliphatic rings. The van der Waals surface area contributed by atoms with Crippen molar-refractivity contribution in [2.75, 3.05) is 0 Å². The molecule has 2 N–H and O–H groups in total. The van der Waals surface area contributed by atoms with Crippen molar-refractivity contribution in [2.45, 2.75) is 0 Å². The quantitative estimate of drug-likeness (QED) is 0.625. The predicted octanol–water partition coefficient (Wildman–Crippen LogP) is 2.49. The zero-order valence-corrected chi connectivity index (χ0v) is 8.22. The molecule has 0 bridgehead atoms. The number of thiophene rings is 1. The summed E-state index contributed by atoms with van der Waals surface area (Å²) in [6.07, 6.45) is 1.21. The average Bonchev–Trinajstić information content (AvgIpc) is 2.36. The Kier molecular flexibility index (Phi) is 2.88. The molecule has 0 aliphatic heterocycles. The van der Waals surface area contributed by atoms with Crippen LogP contribution in [0.1, 0.15) is 4.88 Å². The first-order chi connectivity index (χ1) is 5.61. The van der Waals surface area contributed by atoms with Crippen LogP contribution in [-0.4, -0.2) is 16.2 Å². The monoisotopic (exact) mass is 248 g/mol. The Morgan fingerprint density at radius 3 is 2.67 bits per heavy atom. The second-order valence-electron chi connectivity index (χ2n) is 1.97. The smallest absolute Gasteiger partial charge is 0.370 e. The molecule has 0 saturated heterocycles. The Morgan fingerprint density at radius 1 is 1.58 bits per heavy atom. The minimum absolute atomic E-state index is 0.654. The summed E-state index contributed by atoms with van der Waals surface area (Å²) in [7, 11) is 0. The summed E-state index contributed by atoms with van der Waals surface area (Å²) in [5.41, 5.74) is 0. The van der Waals surface area contributed by atoms with Gasteiger partial charge in [0, 0.05) is 15.4 Å². The van der Waals surface area contributed by atoms with Gasteiger partial charge in [0.2, 0.25) is 5.76 Å². The van der Waals surface area contributed by atoms with Gasteiger partial charge in [-0.2, -0.15) is 0 Å². The Morgan fingerprint density at radius 2 is 2.25 bits per heavy atom. The lowest BCUT2D eigenvalue weighted by Gasteiger charge is -1.90. The molecule has 1 heterocycles. The third-order valence-corrected chi connectivity index (χ3v) is 2.95. The van der Waals surface area contributed by atoms with Crippen molar-refractivity contribution in [1.82, 2.24) is 0 Å². The van der Waals surface area contributed by atoms with E-state index in [-0.39, 0.29) is 0 Å². The molecule has 0 unspecified atom stereocenters. The van der Waals surface area contributed by atoms with Crippen LogP contribution < -0.4 is 0 Å². The average molecular weight is 249 g/mol. The predicted molar refractivity (Wildman–Crippen MR) is 50.3 cm³/mol. The van der Waals surface area contributed by atoms with Gasteiger partial charge in [-0.15, -0.1) is 11.3 Å². The van der Waals surface area contributed by atoms with Crippen molar-refractivity contribution in [3.8, 4) is 0 Å². The van der Waals surface area contributed by atoms with E-state index >= 15 is 0 Å². The number of hydrogen-bond acceptors (Lipinski definition) is 3. The standard InChI is InChI=1S/C7H5BrO3S/c8-4-1-2-12-6(4)3-5(9)7(10)11/h1-3,9H,(H,10,11). The molecule has 0 radical (unpaired) electrons. The third-order valence-electron chi connectivity index (χ3n) is 1.13. The van der Waals surface area contributed by atoms with Gasteiger partial charge in [0.05, 0.1) is 0 Å². The zero-order valence-electron chi connectivity index (χ0n) is 5.82. The van der Waals surface area contributed by atoms with E-state index in [0.29, 0.717) is 4.88 Å². The maximum absolute atomic E-state index is 10.2. The van der Waals surface area contributed by atoms with Crippen LogP contribution in [-0.2, 0) is 4.79 Å². The van der Waals surface area contributed by atoms with Crippen LogP contribution in [0.25, 0.3) is 6.08 Å². The number of carboxylic acids is 1. The molecular formula is C7H5BrO3S. The number of carboxylic acid groups (broad SMARTS) is 1. The Hall–Kier alpha value is -0.810. The number of carbonyl (C=O) groups is 1. The van der Waals surface area contributed by atoms with Crippen LogP contribution in [0.3, 0.4) is 0 Å². The van der Waals surface area contributed by atoms with Gasteiger partial charge >= 0.3 is 5.97 Å². The van der Waals surface area contributed by atoms with E-state index in [1.807, 2.05) is 0 Å². The van der Waals surface area contributed by atoms with E-state index in [4.69, 9.17) is 10.2 Å². The number of aliphatic hydroxyl groups excluding tert-OH is 1. The van der Waals surface area contributed by atoms with Crippen LogP contribution in [0.15, 0.2) is 21.7 Å². The van der Waals surface area contributed by atoms with Gasteiger partial charge < -0.3 is 10.2 Å². The molecule has 0 aromatic carbocycles.